The second kappa shape index (κ2) is 10.9. The second-order valence-electron chi connectivity index (χ2n) is 11.7. The summed E-state index contributed by atoms with van der Waals surface area (Å²) in [5.74, 6) is -0.290. The average Bonchev–Trinajstić information content (AvgIpc) is 2.91. The number of rotatable bonds is 5. The number of halogens is 1. The highest BCUT2D eigenvalue weighted by Crippen LogP contribution is 2.51. The van der Waals surface area contributed by atoms with Gasteiger partial charge < -0.3 is 16.0 Å². The number of carbonyl (C=O) groups excluding carboxylic acids is 1. The Morgan fingerprint density at radius 2 is 1.83 bits per heavy atom. The number of nitrogens with zero attached hydrogens (tertiary/aromatic N) is 3. The van der Waals surface area contributed by atoms with Crippen LogP contribution in [-0.2, 0) is 16.6 Å². The molecular weight excluding hydrogens is 531 g/mol. The van der Waals surface area contributed by atoms with Crippen LogP contribution in [0.1, 0.15) is 62.1 Å². The lowest BCUT2D eigenvalue weighted by Crippen LogP contribution is -2.55. The van der Waals surface area contributed by atoms with Gasteiger partial charge in [-0.2, -0.15) is 4.99 Å². The van der Waals surface area contributed by atoms with Gasteiger partial charge in [0.05, 0.1) is 5.69 Å². The van der Waals surface area contributed by atoms with E-state index in [0.717, 1.165) is 23.2 Å². The van der Waals surface area contributed by atoms with Crippen molar-refractivity contribution >= 4 is 29.2 Å². The van der Waals surface area contributed by atoms with E-state index in [1.54, 1.807) is 26.0 Å². The molecule has 5 rings (SSSR count). The normalized spacial score (nSPS) is 18.0. The molecule has 2 heterocycles. The maximum atomic E-state index is 13.6. The molecular formula is C33H35FN6O2. The third-order valence-corrected chi connectivity index (χ3v) is 7.93. The number of H-pyrrole nitrogens is 1. The highest BCUT2D eigenvalue weighted by atomic mass is 19.1. The summed E-state index contributed by atoms with van der Waals surface area (Å²) in [4.78, 5) is 38.9. The number of nitrogens with two attached hydrogens (primary N) is 1. The van der Waals surface area contributed by atoms with E-state index in [4.69, 9.17) is 5.73 Å². The Bertz CT molecular complexity index is 1750. The number of fused-ring (bicyclic) bond motifs is 1. The number of amides is 1. The van der Waals surface area contributed by atoms with Crippen LogP contribution in [0.3, 0.4) is 0 Å². The molecule has 0 aliphatic carbocycles. The van der Waals surface area contributed by atoms with Crippen molar-refractivity contribution in [1.29, 1.82) is 0 Å². The minimum atomic E-state index is -0.408. The van der Waals surface area contributed by atoms with Gasteiger partial charge in [-0.05, 0) is 74.2 Å². The van der Waals surface area contributed by atoms with Gasteiger partial charge in [-0.1, -0.05) is 49.4 Å². The van der Waals surface area contributed by atoms with E-state index in [-0.39, 0.29) is 41.0 Å². The van der Waals surface area contributed by atoms with Crippen LogP contribution in [0.15, 0.2) is 82.6 Å². The van der Waals surface area contributed by atoms with Crippen LogP contribution in [0.25, 0.3) is 0 Å². The second-order valence-corrected chi connectivity index (χ2v) is 11.7. The number of aryl methyl sites for hydroxylation is 1. The van der Waals surface area contributed by atoms with E-state index in [2.05, 4.69) is 53.2 Å². The highest BCUT2D eigenvalue weighted by Gasteiger charge is 2.47. The highest BCUT2D eigenvalue weighted by molar-refractivity contribution is 5.97. The lowest BCUT2D eigenvalue weighted by atomic mass is 9.65. The van der Waals surface area contributed by atoms with Gasteiger partial charge in [0.25, 0.3) is 5.56 Å². The molecule has 1 atom stereocenters. The van der Waals surface area contributed by atoms with Crippen molar-refractivity contribution in [3.8, 4) is 0 Å². The fourth-order valence-corrected chi connectivity index (χ4v) is 6.27. The van der Waals surface area contributed by atoms with Crippen molar-refractivity contribution in [3.63, 3.8) is 0 Å². The molecule has 0 spiro atoms. The maximum absolute atomic E-state index is 13.6. The number of carbonyl (C=O) groups is 1. The molecule has 0 bridgehead atoms. The number of guanidine groups is 1. The van der Waals surface area contributed by atoms with Gasteiger partial charge >= 0.3 is 0 Å². The smallest absolute Gasteiger partial charge is 0.256 e. The predicted molar refractivity (Wildman–Crippen MR) is 165 cm³/mol. The first kappa shape index (κ1) is 28.7. The molecule has 0 saturated heterocycles. The Morgan fingerprint density at radius 3 is 2.50 bits per heavy atom. The Hall–Kier alpha value is -4.79. The number of anilines is 2. The molecule has 0 saturated carbocycles. The molecule has 4 aromatic rings. The zero-order valence-corrected chi connectivity index (χ0v) is 24.5. The lowest BCUT2D eigenvalue weighted by molar-refractivity contribution is -0.117. The predicted octanol–water partition coefficient (Wildman–Crippen LogP) is 5.71. The SMILES string of the molecule is CC(=O)N1c2ccc(N/C(N)=N/c3nc(C)c(Cc4cccc(F)c4)c(=O)[nH]3)cc2C(C)(c2ccccc2)CC1(C)C. The van der Waals surface area contributed by atoms with Crippen molar-refractivity contribution in [3.05, 3.63) is 117 Å². The first-order valence-electron chi connectivity index (χ1n) is 13.8. The summed E-state index contributed by atoms with van der Waals surface area (Å²) < 4.78 is 13.6. The Labute approximate surface area is 244 Å². The van der Waals surface area contributed by atoms with E-state index in [0.29, 0.717) is 22.5 Å². The van der Waals surface area contributed by atoms with Crippen molar-refractivity contribution in [2.24, 2.45) is 10.7 Å². The summed E-state index contributed by atoms with van der Waals surface area (Å²) in [6.07, 6.45) is 0.961. The molecule has 1 aromatic heterocycles. The summed E-state index contributed by atoms with van der Waals surface area (Å²) in [6.45, 7) is 9.68. The Balaban J connectivity index is 1.47. The molecule has 0 radical (unpaired) electrons. The van der Waals surface area contributed by atoms with E-state index < -0.39 is 5.54 Å². The van der Waals surface area contributed by atoms with E-state index in [9.17, 15) is 14.0 Å². The number of aromatic nitrogens is 2. The van der Waals surface area contributed by atoms with Crippen LogP contribution >= 0.6 is 0 Å². The topological polar surface area (TPSA) is 116 Å². The van der Waals surface area contributed by atoms with Crippen LogP contribution in [-0.4, -0.2) is 27.4 Å². The number of hydrogen-bond donors (Lipinski definition) is 3. The first-order valence-corrected chi connectivity index (χ1v) is 13.8. The van der Waals surface area contributed by atoms with Gasteiger partial charge in [0.1, 0.15) is 5.82 Å². The molecule has 1 aliphatic heterocycles. The van der Waals surface area contributed by atoms with Gasteiger partial charge in [0.2, 0.25) is 17.8 Å². The minimum Gasteiger partial charge on any atom is -0.369 e. The molecule has 1 amide bonds. The molecule has 216 valence electrons. The van der Waals surface area contributed by atoms with Gasteiger partial charge in [-0.25, -0.2) is 9.37 Å². The molecule has 4 N–H and O–H groups in total. The van der Waals surface area contributed by atoms with Crippen molar-refractivity contribution in [1.82, 2.24) is 9.97 Å². The zero-order chi connectivity index (χ0) is 30.2. The largest absolute Gasteiger partial charge is 0.369 e. The van der Waals surface area contributed by atoms with Gasteiger partial charge in [0, 0.05) is 41.2 Å². The van der Waals surface area contributed by atoms with Crippen molar-refractivity contribution in [2.45, 2.75) is 58.4 Å². The summed E-state index contributed by atoms with van der Waals surface area (Å²) >= 11 is 0. The summed E-state index contributed by atoms with van der Waals surface area (Å²) in [6, 6.07) is 22.2. The zero-order valence-electron chi connectivity index (χ0n) is 24.5. The van der Waals surface area contributed by atoms with Crippen LogP contribution in [0, 0.1) is 12.7 Å². The first-order chi connectivity index (χ1) is 19.9. The van der Waals surface area contributed by atoms with Gasteiger partial charge in [-0.15, -0.1) is 0 Å². The monoisotopic (exact) mass is 566 g/mol. The third kappa shape index (κ3) is 5.54. The van der Waals surface area contributed by atoms with E-state index >= 15 is 0 Å². The van der Waals surface area contributed by atoms with Crippen molar-refractivity contribution < 1.29 is 9.18 Å². The molecule has 42 heavy (non-hydrogen) atoms. The Morgan fingerprint density at radius 1 is 1.10 bits per heavy atom. The maximum Gasteiger partial charge on any atom is 0.256 e. The molecule has 3 aromatic carbocycles. The quantitative estimate of drug-likeness (QED) is 0.211. The molecule has 1 unspecified atom stereocenters. The molecule has 1 aliphatic rings. The van der Waals surface area contributed by atoms with Crippen LogP contribution < -0.4 is 21.5 Å². The number of hydrogen-bond acceptors (Lipinski definition) is 4. The standard InChI is InChI=1S/C33H35FN6O2/c1-20-26(17-22-10-9-13-24(34)16-22)29(42)38-31(36-20)39-30(35)37-25-14-15-28-27(18-25)33(5,23-11-7-6-8-12-23)19-32(3,4)40(28)21(2)41/h6-16,18H,17,19H2,1-5H3,(H4,35,36,37,38,39,42). The lowest BCUT2D eigenvalue weighted by Gasteiger charge is -2.51. The number of aromatic amines is 1. The molecule has 9 heteroatoms. The number of nitrogens with one attached hydrogen (secondary N) is 2. The minimum absolute atomic E-state index is 0.0237. The van der Waals surface area contributed by atoms with Crippen molar-refractivity contribution in [2.75, 3.05) is 10.2 Å². The average molecular weight is 567 g/mol. The van der Waals surface area contributed by atoms with Crippen LogP contribution in [0.5, 0.6) is 0 Å². The van der Waals surface area contributed by atoms with Crippen LogP contribution in [0.2, 0.25) is 0 Å². The van der Waals surface area contributed by atoms with Gasteiger partial charge in [0.15, 0.2) is 0 Å². The fraction of sp³-hybridized carbons (Fsp3) is 0.273. The van der Waals surface area contributed by atoms with Crippen LogP contribution in [0.4, 0.5) is 21.7 Å². The number of aliphatic imine (C=N–C) groups is 1. The Kier molecular flexibility index (Phi) is 7.45. The van der Waals surface area contributed by atoms with E-state index in [1.165, 1.54) is 12.1 Å². The summed E-state index contributed by atoms with van der Waals surface area (Å²) in [5, 5.41) is 3.11. The third-order valence-electron chi connectivity index (χ3n) is 7.93. The van der Waals surface area contributed by atoms with E-state index in [1.807, 2.05) is 41.3 Å². The molecule has 0 fully saturated rings. The summed E-state index contributed by atoms with van der Waals surface area (Å²) in [7, 11) is 0. The fourth-order valence-electron chi connectivity index (χ4n) is 6.27. The van der Waals surface area contributed by atoms with Gasteiger partial charge in [-0.3, -0.25) is 14.6 Å². The summed E-state index contributed by atoms with van der Waals surface area (Å²) in [5.41, 5.74) is 10.4. The molecule has 8 nitrogen and oxygen atoms in total. The number of benzene rings is 3.